The minimum Gasteiger partial charge on any atom is -0.377 e. The van der Waals surface area contributed by atoms with Gasteiger partial charge in [-0.25, -0.2) is 0 Å². The van der Waals surface area contributed by atoms with Gasteiger partial charge in [-0.3, -0.25) is 0 Å². The van der Waals surface area contributed by atoms with E-state index in [-0.39, 0.29) is 0 Å². The average Bonchev–Trinajstić information content (AvgIpc) is 2.55. The fourth-order valence-corrected chi connectivity index (χ4v) is 4.50. The van der Waals surface area contributed by atoms with Crippen LogP contribution in [0.4, 0.5) is 0 Å². The molecule has 0 radical (unpaired) electrons. The normalized spacial score (nSPS) is 12.1. The minimum absolute atomic E-state index is 0.714. The Bertz CT molecular complexity index is 286. The van der Waals surface area contributed by atoms with Crippen molar-refractivity contribution in [3.8, 4) is 0 Å². The van der Waals surface area contributed by atoms with Gasteiger partial charge in [-0.05, 0) is 38.0 Å². The fraction of sp³-hybridized carbons (Fsp3) is 0.944. The van der Waals surface area contributed by atoms with Gasteiger partial charge in [-0.1, -0.05) is 46.0 Å². The number of hydrogen-bond donors (Lipinski definition) is 1. The van der Waals surface area contributed by atoms with Crippen LogP contribution >= 0.6 is 0 Å². The van der Waals surface area contributed by atoms with Crippen molar-refractivity contribution in [1.29, 1.82) is 5.41 Å². The zero-order valence-corrected chi connectivity index (χ0v) is 17.1. The zero-order chi connectivity index (χ0) is 17.6. The van der Waals surface area contributed by atoms with E-state index >= 15 is 0 Å². The van der Waals surface area contributed by atoms with E-state index in [2.05, 4.69) is 13.8 Å². The van der Waals surface area contributed by atoms with Crippen molar-refractivity contribution in [2.45, 2.75) is 84.1 Å². The molecule has 138 valence electrons. The van der Waals surface area contributed by atoms with Crippen LogP contribution < -0.4 is 0 Å². The Kier molecular flexibility index (Phi) is 14.0. The van der Waals surface area contributed by atoms with Crippen LogP contribution in [0.1, 0.15) is 78.1 Å². The molecule has 0 aromatic heterocycles. The summed E-state index contributed by atoms with van der Waals surface area (Å²) in [6.45, 7) is 4.46. The van der Waals surface area contributed by atoms with Crippen LogP contribution in [0, 0.1) is 11.3 Å². The van der Waals surface area contributed by atoms with Crippen LogP contribution in [0.2, 0.25) is 6.04 Å². The van der Waals surface area contributed by atoms with Crippen LogP contribution in [0.3, 0.4) is 0 Å². The van der Waals surface area contributed by atoms with Crippen molar-refractivity contribution in [3.05, 3.63) is 0 Å². The zero-order valence-electron chi connectivity index (χ0n) is 16.1. The first kappa shape index (κ1) is 22.8. The topological polar surface area (TPSA) is 51.5 Å². The van der Waals surface area contributed by atoms with Crippen molar-refractivity contribution in [2.75, 3.05) is 21.3 Å². The molecule has 0 amide bonds. The van der Waals surface area contributed by atoms with Gasteiger partial charge >= 0.3 is 8.80 Å². The van der Waals surface area contributed by atoms with Crippen LogP contribution in [0.15, 0.2) is 0 Å². The smallest absolute Gasteiger partial charge is 0.377 e. The molecular formula is C18H39NO3Si. The molecule has 0 bridgehead atoms. The monoisotopic (exact) mass is 345 g/mol. The summed E-state index contributed by atoms with van der Waals surface area (Å²) in [5.74, 6) is 0.714. The van der Waals surface area contributed by atoms with Crippen molar-refractivity contribution < 1.29 is 13.3 Å². The second kappa shape index (κ2) is 14.1. The quantitative estimate of drug-likeness (QED) is 0.230. The van der Waals surface area contributed by atoms with E-state index in [4.69, 9.17) is 18.7 Å². The SMILES string of the molecule is CO[Si](CCCCCCCCCC(=N)CCC(C)C)(OC)OC. The van der Waals surface area contributed by atoms with Gasteiger partial charge < -0.3 is 18.7 Å². The lowest BCUT2D eigenvalue weighted by Crippen LogP contribution is -2.42. The molecule has 1 N–H and O–H groups in total. The molecule has 0 fully saturated rings. The van der Waals surface area contributed by atoms with Gasteiger partial charge in [-0.15, -0.1) is 0 Å². The highest BCUT2D eigenvalue weighted by Gasteiger charge is 2.36. The lowest BCUT2D eigenvalue weighted by atomic mass is 10.0. The maximum atomic E-state index is 7.93. The molecule has 0 aliphatic rings. The summed E-state index contributed by atoms with van der Waals surface area (Å²) in [4.78, 5) is 0. The van der Waals surface area contributed by atoms with E-state index in [1.807, 2.05) is 0 Å². The van der Waals surface area contributed by atoms with Crippen molar-refractivity contribution in [1.82, 2.24) is 0 Å². The third-order valence-electron chi connectivity index (χ3n) is 4.42. The van der Waals surface area contributed by atoms with Crippen LogP contribution in [-0.4, -0.2) is 35.8 Å². The van der Waals surface area contributed by atoms with Gasteiger partial charge in [0.1, 0.15) is 0 Å². The van der Waals surface area contributed by atoms with Crippen molar-refractivity contribution in [3.63, 3.8) is 0 Å². The predicted octanol–water partition coefficient (Wildman–Crippen LogP) is 5.44. The maximum absolute atomic E-state index is 7.93. The molecular weight excluding hydrogens is 306 g/mol. The highest BCUT2D eigenvalue weighted by molar-refractivity contribution is 6.60. The summed E-state index contributed by atoms with van der Waals surface area (Å²) in [5.41, 5.74) is 0.943. The highest BCUT2D eigenvalue weighted by atomic mass is 28.4. The molecule has 4 nitrogen and oxygen atoms in total. The summed E-state index contributed by atoms with van der Waals surface area (Å²) in [6.07, 6.45) is 11.8. The summed E-state index contributed by atoms with van der Waals surface area (Å²) >= 11 is 0. The molecule has 23 heavy (non-hydrogen) atoms. The molecule has 0 saturated heterocycles. The number of nitrogens with one attached hydrogen (secondary N) is 1. The largest absolute Gasteiger partial charge is 0.500 e. The second-order valence-corrected chi connectivity index (χ2v) is 9.90. The van der Waals surface area contributed by atoms with Gasteiger partial charge in [0.15, 0.2) is 0 Å². The number of unbranched alkanes of at least 4 members (excludes halogenated alkanes) is 6. The Hall–Kier alpha value is -0.233. The lowest BCUT2D eigenvalue weighted by Gasteiger charge is -2.24. The van der Waals surface area contributed by atoms with Crippen LogP contribution in [0.25, 0.3) is 0 Å². The maximum Gasteiger partial charge on any atom is 0.500 e. The van der Waals surface area contributed by atoms with Gasteiger partial charge in [0, 0.05) is 33.1 Å². The summed E-state index contributed by atoms with van der Waals surface area (Å²) in [5, 5.41) is 7.93. The molecule has 0 spiro atoms. The molecule has 0 aliphatic heterocycles. The minimum atomic E-state index is -2.35. The first-order chi connectivity index (χ1) is 11.0. The second-order valence-electron chi connectivity index (χ2n) is 6.81. The molecule has 0 aromatic carbocycles. The Labute approximate surface area is 145 Å². The molecule has 0 rings (SSSR count). The summed E-state index contributed by atoms with van der Waals surface area (Å²) < 4.78 is 16.3. The Morgan fingerprint density at radius 3 is 1.74 bits per heavy atom. The number of hydrogen-bond acceptors (Lipinski definition) is 4. The molecule has 0 heterocycles. The molecule has 5 heteroatoms. The van der Waals surface area contributed by atoms with E-state index in [0.717, 1.165) is 37.4 Å². The predicted molar refractivity (Wildman–Crippen MR) is 100 cm³/mol. The van der Waals surface area contributed by atoms with Gasteiger partial charge in [0.25, 0.3) is 0 Å². The van der Waals surface area contributed by atoms with Gasteiger partial charge in [0.2, 0.25) is 0 Å². The summed E-state index contributed by atoms with van der Waals surface area (Å²) in [6, 6.07) is 0.906. The molecule has 0 aliphatic carbocycles. The molecule has 0 aromatic rings. The molecule has 0 unspecified atom stereocenters. The van der Waals surface area contributed by atoms with E-state index < -0.39 is 8.80 Å². The van der Waals surface area contributed by atoms with E-state index in [1.165, 1.54) is 38.5 Å². The number of rotatable bonds is 16. The lowest BCUT2D eigenvalue weighted by molar-refractivity contribution is 0.122. The highest BCUT2D eigenvalue weighted by Crippen LogP contribution is 2.18. The first-order valence-corrected chi connectivity index (χ1v) is 11.1. The standard InChI is InChI=1S/C18H39NO3Si/c1-17(2)14-15-18(19)13-11-9-7-6-8-10-12-16-23(20-3,21-4)22-5/h17,19H,6-16H2,1-5H3. The van der Waals surface area contributed by atoms with E-state index in [0.29, 0.717) is 5.92 Å². The van der Waals surface area contributed by atoms with Gasteiger partial charge in [-0.2, -0.15) is 0 Å². The fourth-order valence-electron chi connectivity index (χ4n) is 2.71. The van der Waals surface area contributed by atoms with Crippen LogP contribution in [-0.2, 0) is 13.3 Å². The summed E-state index contributed by atoms with van der Waals surface area (Å²) in [7, 11) is 2.68. The third-order valence-corrected chi connectivity index (χ3v) is 7.25. The average molecular weight is 346 g/mol. The first-order valence-electron chi connectivity index (χ1n) is 9.21. The Morgan fingerprint density at radius 2 is 1.26 bits per heavy atom. The molecule has 0 saturated carbocycles. The van der Waals surface area contributed by atoms with E-state index in [1.54, 1.807) is 21.3 Å². The van der Waals surface area contributed by atoms with Gasteiger partial charge in [0.05, 0.1) is 0 Å². The third kappa shape index (κ3) is 11.9. The van der Waals surface area contributed by atoms with Crippen LogP contribution in [0.5, 0.6) is 0 Å². The Balaban J connectivity index is 3.45. The molecule has 0 atom stereocenters. The van der Waals surface area contributed by atoms with Crippen molar-refractivity contribution >= 4 is 14.5 Å². The van der Waals surface area contributed by atoms with Crippen molar-refractivity contribution in [2.24, 2.45) is 5.92 Å². The Morgan fingerprint density at radius 1 is 0.783 bits per heavy atom. The van der Waals surface area contributed by atoms with E-state index in [9.17, 15) is 0 Å².